The van der Waals surface area contributed by atoms with E-state index < -0.39 is 10.8 Å². The topological polar surface area (TPSA) is 56.7 Å². The van der Waals surface area contributed by atoms with E-state index in [0.29, 0.717) is 18.3 Å². The third-order valence-corrected chi connectivity index (χ3v) is 6.19. The molecule has 1 aliphatic rings. The highest BCUT2D eigenvalue weighted by Gasteiger charge is 2.20. The Morgan fingerprint density at radius 2 is 1.90 bits per heavy atom. The number of hydrogen-bond donors (Lipinski definition) is 2. The van der Waals surface area contributed by atoms with Gasteiger partial charge < -0.3 is 15.5 Å². The summed E-state index contributed by atoms with van der Waals surface area (Å²) in [7, 11) is 0.722. The number of hydrogen-bond acceptors (Lipinski definition) is 3. The maximum atomic E-state index is 13.4. The number of nitrogens with one attached hydrogen (secondary N) is 2. The van der Waals surface area contributed by atoms with Gasteiger partial charge >= 0.3 is 0 Å². The largest absolute Gasteiger partial charge is 0.371 e. The maximum absolute atomic E-state index is 13.4. The molecule has 1 fully saturated rings. The molecule has 1 saturated heterocycles. The fourth-order valence-electron chi connectivity index (χ4n) is 3.30. The summed E-state index contributed by atoms with van der Waals surface area (Å²) in [4.78, 5) is 7.33. The van der Waals surface area contributed by atoms with E-state index in [1.807, 2.05) is 36.4 Å². The zero-order valence-corrected chi connectivity index (χ0v) is 19.7. The molecule has 29 heavy (non-hydrogen) atoms. The minimum Gasteiger partial charge on any atom is -0.371 e. The molecule has 0 saturated carbocycles. The zero-order valence-electron chi connectivity index (χ0n) is 16.5. The van der Waals surface area contributed by atoms with Crippen molar-refractivity contribution in [3.05, 3.63) is 60.4 Å². The molecule has 3 rings (SSSR count). The van der Waals surface area contributed by atoms with Gasteiger partial charge in [0, 0.05) is 49.1 Å². The summed E-state index contributed by atoms with van der Waals surface area (Å²) in [6.45, 7) is 2.33. The van der Waals surface area contributed by atoms with Crippen molar-refractivity contribution in [1.29, 1.82) is 0 Å². The van der Waals surface area contributed by atoms with Crippen molar-refractivity contribution in [2.24, 2.45) is 4.99 Å². The molecule has 1 atom stereocenters. The highest BCUT2D eigenvalue weighted by molar-refractivity contribution is 14.0. The van der Waals surface area contributed by atoms with E-state index in [4.69, 9.17) is 0 Å². The molecule has 158 valence electrons. The lowest BCUT2D eigenvalue weighted by Crippen LogP contribution is -2.49. The first-order valence-electron chi connectivity index (χ1n) is 9.57. The SMILES string of the molecule is CN=C(NCCS(=O)c1ccccc1)NC1CCN(c2cccc(F)c2)CC1.I. The van der Waals surface area contributed by atoms with E-state index in [9.17, 15) is 8.60 Å². The van der Waals surface area contributed by atoms with Crippen LogP contribution in [-0.4, -0.2) is 48.6 Å². The van der Waals surface area contributed by atoms with E-state index in [0.717, 1.165) is 42.5 Å². The highest BCUT2D eigenvalue weighted by Crippen LogP contribution is 2.20. The van der Waals surface area contributed by atoms with Gasteiger partial charge in [-0.25, -0.2) is 4.39 Å². The number of halogens is 2. The van der Waals surface area contributed by atoms with Gasteiger partial charge in [0.2, 0.25) is 0 Å². The number of nitrogens with zero attached hydrogens (tertiary/aromatic N) is 2. The Bertz CT molecular complexity index is 813. The van der Waals surface area contributed by atoms with Crippen LogP contribution >= 0.6 is 24.0 Å². The molecule has 0 bridgehead atoms. The first kappa shape index (κ1) is 23.6. The molecular weight excluding hydrogens is 502 g/mol. The van der Waals surface area contributed by atoms with Crippen LogP contribution in [0.25, 0.3) is 0 Å². The van der Waals surface area contributed by atoms with Crippen molar-refractivity contribution in [3.8, 4) is 0 Å². The van der Waals surface area contributed by atoms with Crippen LogP contribution in [-0.2, 0) is 10.8 Å². The van der Waals surface area contributed by atoms with Crippen molar-refractivity contribution >= 4 is 46.4 Å². The van der Waals surface area contributed by atoms with Crippen molar-refractivity contribution in [3.63, 3.8) is 0 Å². The fraction of sp³-hybridized carbons (Fsp3) is 0.381. The summed E-state index contributed by atoms with van der Waals surface area (Å²) in [5.74, 6) is 1.06. The summed E-state index contributed by atoms with van der Waals surface area (Å²) < 4.78 is 25.7. The number of guanidine groups is 1. The molecule has 0 aliphatic carbocycles. The Labute approximate surface area is 191 Å². The smallest absolute Gasteiger partial charge is 0.191 e. The van der Waals surface area contributed by atoms with Crippen LogP contribution in [0.3, 0.4) is 0 Å². The molecule has 0 amide bonds. The van der Waals surface area contributed by atoms with E-state index in [2.05, 4.69) is 20.5 Å². The maximum Gasteiger partial charge on any atom is 0.191 e. The molecule has 0 radical (unpaired) electrons. The predicted molar refractivity (Wildman–Crippen MR) is 129 cm³/mol. The molecular formula is C21H28FIN4OS. The van der Waals surface area contributed by atoms with Crippen molar-refractivity contribution in [2.75, 3.05) is 37.3 Å². The summed E-state index contributed by atoms with van der Waals surface area (Å²) in [5, 5.41) is 6.69. The van der Waals surface area contributed by atoms with Crippen LogP contribution in [0.2, 0.25) is 0 Å². The molecule has 8 heteroatoms. The second kappa shape index (κ2) is 12.1. The predicted octanol–water partition coefficient (Wildman–Crippen LogP) is 3.39. The van der Waals surface area contributed by atoms with E-state index >= 15 is 0 Å². The Morgan fingerprint density at radius 1 is 1.17 bits per heavy atom. The molecule has 2 N–H and O–H groups in total. The molecule has 0 spiro atoms. The zero-order chi connectivity index (χ0) is 19.8. The minimum atomic E-state index is -1.02. The van der Waals surface area contributed by atoms with E-state index in [1.165, 1.54) is 6.07 Å². The van der Waals surface area contributed by atoms with Crippen LogP contribution in [0, 0.1) is 5.82 Å². The Balaban J connectivity index is 0.00000300. The highest BCUT2D eigenvalue weighted by atomic mass is 127. The van der Waals surface area contributed by atoms with Crippen LogP contribution < -0.4 is 15.5 Å². The first-order chi connectivity index (χ1) is 13.7. The number of aliphatic imine (C=N–C) groups is 1. The molecule has 0 aromatic heterocycles. The summed E-state index contributed by atoms with van der Waals surface area (Å²) >= 11 is 0. The van der Waals surface area contributed by atoms with Gasteiger partial charge in [0.25, 0.3) is 0 Å². The molecule has 5 nitrogen and oxygen atoms in total. The van der Waals surface area contributed by atoms with Gasteiger partial charge in [-0.2, -0.15) is 0 Å². The molecule has 1 heterocycles. The van der Waals surface area contributed by atoms with Gasteiger partial charge in [-0.3, -0.25) is 9.20 Å². The first-order valence-corrected chi connectivity index (χ1v) is 10.9. The lowest BCUT2D eigenvalue weighted by atomic mass is 10.0. The normalized spacial score (nSPS) is 16.1. The Kier molecular flexibility index (Phi) is 9.86. The summed E-state index contributed by atoms with van der Waals surface area (Å²) in [6.07, 6.45) is 1.90. The standard InChI is InChI=1S/C21H27FN4OS.HI/c1-23-21(24-12-15-28(27)20-8-3-2-4-9-20)25-18-10-13-26(14-11-18)19-7-5-6-17(22)16-19;/h2-9,16,18H,10-15H2,1H3,(H2,23,24,25);1H. The molecule has 1 unspecified atom stereocenters. The minimum absolute atomic E-state index is 0. The van der Waals surface area contributed by atoms with Crippen LogP contribution in [0.5, 0.6) is 0 Å². The molecule has 2 aromatic carbocycles. The number of anilines is 1. The van der Waals surface area contributed by atoms with Gasteiger partial charge in [-0.05, 0) is 43.2 Å². The molecule has 2 aromatic rings. The van der Waals surface area contributed by atoms with Gasteiger partial charge in [-0.15, -0.1) is 24.0 Å². The average molecular weight is 530 g/mol. The Hall–Kier alpha value is -1.68. The van der Waals surface area contributed by atoms with Crippen molar-refractivity contribution in [1.82, 2.24) is 10.6 Å². The number of benzene rings is 2. The number of piperidine rings is 1. The van der Waals surface area contributed by atoms with E-state index in [1.54, 1.807) is 19.2 Å². The van der Waals surface area contributed by atoms with Gasteiger partial charge in [0.15, 0.2) is 5.96 Å². The van der Waals surface area contributed by atoms with Crippen LogP contribution in [0.15, 0.2) is 64.5 Å². The Morgan fingerprint density at radius 3 is 2.55 bits per heavy atom. The lowest BCUT2D eigenvalue weighted by molar-refractivity contribution is 0.461. The van der Waals surface area contributed by atoms with Crippen LogP contribution in [0.1, 0.15) is 12.8 Å². The van der Waals surface area contributed by atoms with Crippen molar-refractivity contribution < 1.29 is 8.60 Å². The molecule has 1 aliphatic heterocycles. The lowest BCUT2D eigenvalue weighted by Gasteiger charge is -2.34. The van der Waals surface area contributed by atoms with Gasteiger partial charge in [-0.1, -0.05) is 24.3 Å². The van der Waals surface area contributed by atoms with Crippen LogP contribution in [0.4, 0.5) is 10.1 Å². The third kappa shape index (κ3) is 7.26. The van der Waals surface area contributed by atoms with E-state index in [-0.39, 0.29) is 29.8 Å². The second-order valence-corrected chi connectivity index (χ2v) is 8.32. The third-order valence-electron chi connectivity index (χ3n) is 4.82. The quantitative estimate of drug-likeness (QED) is 0.342. The monoisotopic (exact) mass is 530 g/mol. The van der Waals surface area contributed by atoms with Gasteiger partial charge in [0.05, 0.1) is 10.8 Å². The average Bonchev–Trinajstić information content (AvgIpc) is 2.74. The fourth-order valence-corrected chi connectivity index (χ4v) is 4.28. The summed E-state index contributed by atoms with van der Waals surface area (Å²) in [6, 6.07) is 16.6. The second-order valence-electron chi connectivity index (χ2n) is 6.75. The summed E-state index contributed by atoms with van der Waals surface area (Å²) in [5.41, 5.74) is 0.935. The number of rotatable bonds is 6. The van der Waals surface area contributed by atoms with Gasteiger partial charge in [0.1, 0.15) is 5.82 Å². The van der Waals surface area contributed by atoms with Crippen molar-refractivity contribution in [2.45, 2.75) is 23.8 Å².